The van der Waals surface area contributed by atoms with Crippen molar-refractivity contribution in [1.29, 1.82) is 0 Å². The van der Waals surface area contributed by atoms with Gasteiger partial charge in [0.15, 0.2) is 0 Å². The van der Waals surface area contributed by atoms with E-state index in [0.29, 0.717) is 30.9 Å². The van der Waals surface area contributed by atoms with Crippen LogP contribution in [0.1, 0.15) is 30.7 Å². The molecule has 1 aliphatic heterocycles. The van der Waals surface area contributed by atoms with Crippen LogP contribution in [0.2, 0.25) is 0 Å². The first-order valence-corrected chi connectivity index (χ1v) is 6.74. The Balaban J connectivity index is 1.55. The zero-order valence-electron chi connectivity index (χ0n) is 10.4. The van der Waals surface area contributed by atoms with E-state index in [1.165, 1.54) is 12.0 Å². The molecular weight excluding hydrogens is 231 g/mol. The van der Waals surface area contributed by atoms with Gasteiger partial charge in [0.05, 0.1) is 12.9 Å². The highest BCUT2D eigenvalue weighted by atomic mass is 19.1. The first kappa shape index (κ1) is 11.9. The summed E-state index contributed by atoms with van der Waals surface area (Å²) >= 11 is 0. The molecule has 98 valence electrons. The van der Waals surface area contributed by atoms with Crippen LogP contribution in [-0.4, -0.2) is 30.9 Å². The lowest BCUT2D eigenvalue weighted by Crippen LogP contribution is -2.46. The van der Waals surface area contributed by atoms with Gasteiger partial charge in [0.25, 0.3) is 0 Å². The first-order valence-electron chi connectivity index (χ1n) is 6.74. The molecule has 0 unspecified atom stereocenters. The predicted octanol–water partition coefficient (Wildman–Crippen LogP) is 2.29. The van der Waals surface area contributed by atoms with Crippen molar-refractivity contribution in [2.24, 2.45) is 5.92 Å². The van der Waals surface area contributed by atoms with Crippen molar-refractivity contribution in [1.82, 2.24) is 10.3 Å². The molecule has 0 radical (unpaired) electrons. The standard InChI is InChI=1S/C14H19FN2O/c15-3-1-10-6-14(10)11-5-13(8-16-7-11)18-9-12-2-4-17-12/h5,7-8,10,12,14,17H,1-4,6,9H2/t10-,12-,14+/m0/s1. The van der Waals surface area contributed by atoms with Crippen LogP contribution in [0.4, 0.5) is 4.39 Å². The Hall–Kier alpha value is -1.16. The Morgan fingerprint density at radius 2 is 2.33 bits per heavy atom. The molecule has 0 spiro atoms. The second kappa shape index (κ2) is 5.22. The summed E-state index contributed by atoms with van der Waals surface area (Å²) < 4.78 is 18.0. The number of nitrogens with one attached hydrogen (secondary N) is 1. The van der Waals surface area contributed by atoms with Crippen molar-refractivity contribution in [3.63, 3.8) is 0 Å². The summed E-state index contributed by atoms with van der Waals surface area (Å²) in [4.78, 5) is 4.22. The maximum absolute atomic E-state index is 12.3. The molecule has 18 heavy (non-hydrogen) atoms. The van der Waals surface area contributed by atoms with Crippen LogP contribution < -0.4 is 10.1 Å². The molecule has 1 N–H and O–H groups in total. The number of rotatable bonds is 6. The molecule has 2 fully saturated rings. The van der Waals surface area contributed by atoms with Crippen LogP contribution in [-0.2, 0) is 0 Å². The summed E-state index contributed by atoms with van der Waals surface area (Å²) in [5, 5.41) is 3.30. The second-order valence-electron chi connectivity index (χ2n) is 5.28. The van der Waals surface area contributed by atoms with Gasteiger partial charge in [-0.15, -0.1) is 0 Å². The van der Waals surface area contributed by atoms with Crippen LogP contribution in [0.5, 0.6) is 5.75 Å². The van der Waals surface area contributed by atoms with Crippen LogP contribution in [0.25, 0.3) is 0 Å². The molecule has 1 aromatic heterocycles. The molecule has 3 atom stereocenters. The van der Waals surface area contributed by atoms with Crippen LogP contribution in [0.15, 0.2) is 18.5 Å². The van der Waals surface area contributed by atoms with Gasteiger partial charge in [-0.2, -0.15) is 0 Å². The molecule has 2 aliphatic rings. The van der Waals surface area contributed by atoms with Gasteiger partial charge in [-0.3, -0.25) is 9.37 Å². The fourth-order valence-electron chi connectivity index (χ4n) is 2.52. The van der Waals surface area contributed by atoms with Crippen molar-refractivity contribution in [2.75, 3.05) is 19.8 Å². The molecule has 1 saturated heterocycles. The van der Waals surface area contributed by atoms with E-state index in [9.17, 15) is 4.39 Å². The predicted molar refractivity (Wildman–Crippen MR) is 67.6 cm³/mol. The molecule has 0 aromatic carbocycles. The van der Waals surface area contributed by atoms with Gasteiger partial charge in [0.2, 0.25) is 0 Å². The lowest BCUT2D eigenvalue weighted by molar-refractivity contribution is 0.217. The van der Waals surface area contributed by atoms with Crippen LogP contribution >= 0.6 is 0 Å². The van der Waals surface area contributed by atoms with E-state index < -0.39 is 0 Å². The Morgan fingerprint density at radius 3 is 3.06 bits per heavy atom. The third-order valence-electron chi connectivity index (χ3n) is 3.94. The second-order valence-corrected chi connectivity index (χ2v) is 5.28. The number of hydrogen-bond donors (Lipinski definition) is 1. The van der Waals surface area contributed by atoms with Crippen molar-refractivity contribution < 1.29 is 9.13 Å². The van der Waals surface area contributed by atoms with Crippen molar-refractivity contribution >= 4 is 0 Å². The number of alkyl halides is 1. The zero-order valence-corrected chi connectivity index (χ0v) is 10.4. The highest BCUT2D eigenvalue weighted by Gasteiger charge is 2.38. The maximum atomic E-state index is 12.3. The molecule has 3 nitrogen and oxygen atoms in total. The van der Waals surface area contributed by atoms with Gasteiger partial charge in [-0.25, -0.2) is 0 Å². The van der Waals surface area contributed by atoms with Gasteiger partial charge in [0, 0.05) is 12.2 Å². The van der Waals surface area contributed by atoms with Crippen LogP contribution in [0, 0.1) is 5.92 Å². The number of halogens is 1. The molecule has 0 amide bonds. The summed E-state index contributed by atoms with van der Waals surface area (Å²) in [6, 6.07) is 2.56. The molecular formula is C14H19FN2O. The Bertz CT molecular complexity index is 409. The average molecular weight is 250 g/mol. The molecule has 2 heterocycles. The summed E-state index contributed by atoms with van der Waals surface area (Å²) in [7, 11) is 0. The Morgan fingerprint density at radius 1 is 1.44 bits per heavy atom. The lowest BCUT2D eigenvalue weighted by Gasteiger charge is -2.27. The van der Waals surface area contributed by atoms with Gasteiger partial charge >= 0.3 is 0 Å². The van der Waals surface area contributed by atoms with Crippen molar-refractivity contribution in [2.45, 2.75) is 31.2 Å². The van der Waals surface area contributed by atoms with E-state index in [2.05, 4.69) is 16.4 Å². The minimum Gasteiger partial charge on any atom is -0.490 e. The van der Waals surface area contributed by atoms with Gasteiger partial charge < -0.3 is 10.1 Å². The number of hydrogen-bond acceptors (Lipinski definition) is 3. The molecule has 1 aromatic rings. The third kappa shape index (κ3) is 2.64. The minimum atomic E-state index is -0.210. The Labute approximate surface area is 107 Å². The summed E-state index contributed by atoms with van der Waals surface area (Å²) in [6.45, 7) is 1.60. The van der Waals surface area contributed by atoms with E-state index in [-0.39, 0.29) is 6.67 Å². The molecule has 0 bridgehead atoms. The van der Waals surface area contributed by atoms with Gasteiger partial charge in [-0.1, -0.05) is 0 Å². The quantitative estimate of drug-likeness (QED) is 0.841. The topological polar surface area (TPSA) is 34.1 Å². The monoisotopic (exact) mass is 250 g/mol. The van der Waals surface area contributed by atoms with E-state index in [1.54, 1.807) is 6.20 Å². The van der Waals surface area contributed by atoms with Crippen molar-refractivity contribution in [3.8, 4) is 5.75 Å². The molecule has 3 rings (SSSR count). The number of pyridine rings is 1. The highest BCUT2D eigenvalue weighted by Crippen LogP contribution is 2.49. The normalized spacial score (nSPS) is 29.7. The average Bonchev–Trinajstić information content (AvgIpc) is 3.07. The molecule has 4 heteroatoms. The summed E-state index contributed by atoms with van der Waals surface area (Å²) in [6.07, 6.45) is 6.61. The lowest BCUT2D eigenvalue weighted by atomic mass is 10.1. The minimum absolute atomic E-state index is 0.210. The van der Waals surface area contributed by atoms with Crippen molar-refractivity contribution in [3.05, 3.63) is 24.0 Å². The Kier molecular flexibility index (Phi) is 3.46. The molecule has 1 aliphatic carbocycles. The molecule has 1 saturated carbocycles. The van der Waals surface area contributed by atoms with Gasteiger partial charge in [-0.05, 0) is 49.3 Å². The third-order valence-corrected chi connectivity index (χ3v) is 3.94. The number of aromatic nitrogens is 1. The maximum Gasteiger partial charge on any atom is 0.137 e. The van der Waals surface area contributed by atoms with E-state index in [1.807, 2.05) is 6.20 Å². The summed E-state index contributed by atoms with van der Waals surface area (Å²) in [5.41, 5.74) is 1.20. The fourth-order valence-corrected chi connectivity index (χ4v) is 2.52. The van der Waals surface area contributed by atoms with Gasteiger partial charge in [0.1, 0.15) is 12.4 Å². The van der Waals surface area contributed by atoms with E-state index in [0.717, 1.165) is 18.7 Å². The van der Waals surface area contributed by atoms with Crippen LogP contribution in [0.3, 0.4) is 0 Å². The summed E-state index contributed by atoms with van der Waals surface area (Å²) in [5.74, 6) is 1.85. The van der Waals surface area contributed by atoms with E-state index >= 15 is 0 Å². The number of ether oxygens (including phenoxy) is 1. The smallest absolute Gasteiger partial charge is 0.137 e. The first-order chi connectivity index (χ1) is 8.86. The largest absolute Gasteiger partial charge is 0.490 e. The van der Waals surface area contributed by atoms with E-state index in [4.69, 9.17) is 4.74 Å². The SMILES string of the molecule is FCC[C@H]1C[C@H]1c1cncc(OC[C@@H]2CCN2)c1. The fraction of sp³-hybridized carbons (Fsp3) is 0.643. The highest BCUT2D eigenvalue weighted by molar-refractivity contribution is 5.30. The zero-order chi connectivity index (χ0) is 12.4. The number of nitrogens with zero attached hydrogens (tertiary/aromatic N) is 1.